The van der Waals surface area contributed by atoms with Crippen LogP contribution in [0, 0.1) is 5.92 Å². The molecule has 1 saturated carbocycles. The van der Waals surface area contributed by atoms with Crippen LogP contribution in [-0.4, -0.2) is 5.78 Å². The van der Waals surface area contributed by atoms with Gasteiger partial charge in [0.25, 0.3) is 0 Å². The molecule has 1 aliphatic rings. The SMILES string of the molecule is [13CH3]C([13CH3])=C1CCC([13CH3])CC1=O. The summed E-state index contributed by atoms with van der Waals surface area (Å²) in [6, 6.07) is 0. The Morgan fingerprint density at radius 1 is 1.45 bits per heavy atom. The van der Waals surface area contributed by atoms with E-state index in [-0.39, 0.29) is 0 Å². The van der Waals surface area contributed by atoms with E-state index in [1.54, 1.807) is 0 Å². The lowest BCUT2D eigenvalue weighted by atomic mass is 9.88. The average molecular weight is 155 g/mol. The molecule has 1 heteroatoms. The van der Waals surface area contributed by atoms with Gasteiger partial charge in [-0.3, -0.25) is 4.79 Å². The molecule has 0 bridgehead atoms. The van der Waals surface area contributed by atoms with Crippen molar-refractivity contribution >= 4 is 5.78 Å². The normalized spacial score (nSPS) is 25.5. The van der Waals surface area contributed by atoms with Crippen molar-refractivity contribution in [2.75, 3.05) is 0 Å². The third kappa shape index (κ3) is 1.92. The van der Waals surface area contributed by atoms with E-state index in [0.717, 1.165) is 18.4 Å². The highest BCUT2D eigenvalue weighted by atomic mass is 16.1. The first kappa shape index (κ1) is 8.51. The minimum atomic E-state index is 0.378. The van der Waals surface area contributed by atoms with Crippen LogP contribution in [0.1, 0.15) is 40.0 Å². The second-order valence-corrected chi connectivity index (χ2v) is 3.75. The Kier molecular flexibility index (Phi) is 2.48. The van der Waals surface area contributed by atoms with Crippen LogP contribution >= 0.6 is 0 Å². The van der Waals surface area contributed by atoms with E-state index in [1.165, 1.54) is 12.0 Å². The Morgan fingerprint density at radius 2 is 2.09 bits per heavy atom. The molecule has 0 aliphatic heterocycles. The largest absolute Gasteiger partial charge is 0.295 e. The molecule has 1 unspecified atom stereocenters. The van der Waals surface area contributed by atoms with Crippen LogP contribution in [0.2, 0.25) is 0 Å². The van der Waals surface area contributed by atoms with E-state index in [9.17, 15) is 4.79 Å². The second kappa shape index (κ2) is 3.21. The predicted molar refractivity (Wildman–Crippen MR) is 46.4 cm³/mol. The van der Waals surface area contributed by atoms with E-state index >= 15 is 0 Å². The number of carbonyl (C=O) groups excluding carboxylic acids is 1. The number of Topliss-reactive ketones (excluding diaryl/α,β-unsaturated/α-hetero) is 1. The van der Waals surface area contributed by atoms with Crippen LogP contribution in [0.5, 0.6) is 0 Å². The summed E-state index contributed by atoms with van der Waals surface area (Å²) in [6.45, 7) is 6.21. The van der Waals surface area contributed by atoms with Crippen molar-refractivity contribution in [3.63, 3.8) is 0 Å². The molecule has 0 saturated heterocycles. The van der Waals surface area contributed by atoms with E-state index in [4.69, 9.17) is 0 Å². The summed E-state index contributed by atoms with van der Waals surface area (Å²) in [6.07, 6.45) is 2.95. The quantitative estimate of drug-likeness (QED) is 0.388. The third-order valence-corrected chi connectivity index (χ3v) is 2.36. The molecule has 1 nitrogen and oxygen atoms in total. The third-order valence-electron chi connectivity index (χ3n) is 2.36. The Bertz CT molecular complexity index is 197. The zero-order chi connectivity index (χ0) is 8.43. The molecule has 0 spiro atoms. The fraction of sp³-hybridized carbons (Fsp3) is 0.700. The molecule has 0 aromatic heterocycles. The maximum Gasteiger partial charge on any atom is 0.159 e. The Hall–Kier alpha value is -0.590. The van der Waals surface area contributed by atoms with Gasteiger partial charge in [-0.15, -0.1) is 0 Å². The minimum Gasteiger partial charge on any atom is -0.295 e. The highest BCUT2D eigenvalue weighted by Crippen LogP contribution is 2.26. The zero-order valence-corrected chi connectivity index (χ0v) is 7.61. The van der Waals surface area contributed by atoms with Crippen LogP contribution in [0.15, 0.2) is 11.1 Å². The highest BCUT2D eigenvalue weighted by molar-refractivity contribution is 5.96. The number of rotatable bonds is 0. The highest BCUT2D eigenvalue weighted by Gasteiger charge is 2.20. The molecular weight excluding hydrogens is 139 g/mol. The lowest BCUT2D eigenvalue weighted by Crippen LogP contribution is -2.16. The summed E-state index contributed by atoms with van der Waals surface area (Å²) < 4.78 is 0. The van der Waals surface area contributed by atoms with Gasteiger partial charge >= 0.3 is 0 Å². The molecule has 0 amide bonds. The van der Waals surface area contributed by atoms with Crippen LogP contribution in [-0.2, 0) is 4.79 Å². The lowest BCUT2D eigenvalue weighted by molar-refractivity contribution is -0.117. The molecule has 0 N–H and O–H groups in total. The van der Waals surface area contributed by atoms with E-state index in [0.29, 0.717) is 11.7 Å². The maximum absolute atomic E-state index is 11.4. The zero-order valence-electron chi connectivity index (χ0n) is 7.61. The van der Waals surface area contributed by atoms with Gasteiger partial charge in [0.05, 0.1) is 0 Å². The number of carbonyl (C=O) groups is 1. The summed E-state index contributed by atoms with van der Waals surface area (Å²) >= 11 is 0. The van der Waals surface area contributed by atoms with Gasteiger partial charge in [0.1, 0.15) is 0 Å². The topological polar surface area (TPSA) is 17.1 Å². The van der Waals surface area contributed by atoms with Crippen molar-refractivity contribution in [3.8, 4) is 0 Å². The number of hydrogen-bond acceptors (Lipinski definition) is 1. The van der Waals surface area contributed by atoms with Crippen LogP contribution in [0.25, 0.3) is 0 Å². The maximum atomic E-state index is 11.4. The van der Waals surface area contributed by atoms with Gasteiger partial charge in [-0.2, -0.15) is 0 Å². The van der Waals surface area contributed by atoms with Gasteiger partial charge in [0.2, 0.25) is 0 Å². The molecule has 1 atom stereocenters. The number of ketones is 1. The van der Waals surface area contributed by atoms with Gasteiger partial charge in [0, 0.05) is 6.42 Å². The molecule has 0 heterocycles. The summed E-state index contributed by atoms with van der Waals surface area (Å²) in [5.41, 5.74) is 2.30. The number of hydrogen-bond donors (Lipinski definition) is 0. The molecule has 62 valence electrons. The predicted octanol–water partition coefficient (Wildman–Crippen LogP) is 2.71. The summed E-state index contributed by atoms with van der Waals surface area (Å²) in [5, 5.41) is 0. The van der Waals surface area contributed by atoms with E-state index in [2.05, 4.69) is 6.92 Å². The fourth-order valence-electron chi connectivity index (χ4n) is 1.60. The monoisotopic (exact) mass is 155 g/mol. The summed E-state index contributed by atoms with van der Waals surface area (Å²) in [4.78, 5) is 11.4. The average Bonchev–Trinajstić information content (AvgIpc) is 1.85. The number of allylic oxidation sites excluding steroid dienone is 2. The van der Waals surface area contributed by atoms with Crippen LogP contribution < -0.4 is 0 Å². The van der Waals surface area contributed by atoms with Gasteiger partial charge in [-0.05, 0) is 38.2 Å². The molecule has 0 aromatic rings. The molecule has 1 rings (SSSR count). The van der Waals surface area contributed by atoms with Gasteiger partial charge < -0.3 is 0 Å². The molecule has 1 fully saturated rings. The Morgan fingerprint density at radius 3 is 2.55 bits per heavy atom. The van der Waals surface area contributed by atoms with Crippen molar-refractivity contribution < 1.29 is 4.79 Å². The lowest BCUT2D eigenvalue weighted by Gasteiger charge is -2.19. The van der Waals surface area contributed by atoms with E-state index in [1.807, 2.05) is 13.8 Å². The molecule has 1 aliphatic carbocycles. The van der Waals surface area contributed by atoms with E-state index < -0.39 is 0 Å². The Balaban J connectivity index is 2.74. The van der Waals surface area contributed by atoms with Gasteiger partial charge in [0.15, 0.2) is 5.78 Å². The molecular formula is C10H16O. The van der Waals surface area contributed by atoms with Crippen molar-refractivity contribution in [3.05, 3.63) is 11.1 Å². The van der Waals surface area contributed by atoms with Crippen LogP contribution in [0.3, 0.4) is 0 Å². The fourth-order valence-corrected chi connectivity index (χ4v) is 1.60. The van der Waals surface area contributed by atoms with Gasteiger partial charge in [-0.1, -0.05) is 12.5 Å². The van der Waals surface area contributed by atoms with Crippen molar-refractivity contribution in [1.82, 2.24) is 0 Å². The van der Waals surface area contributed by atoms with Crippen LogP contribution in [0.4, 0.5) is 0 Å². The minimum absolute atomic E-state index is 0.378. The Labute approximate surface area is 68.5 Å². The second-order valence-electron chi connectivity index (χ2n) is 3.75. The molecule has 11 heavy (non-hydrogen) atoms. The van der Waals surface area contributed by atoms with Crippen molar-refractivity contribution in [2.45, 2.75) is 40.0 Å². The standard InChI is InChI=1S/C10H16O/c1-7(2)9-5-4-8(3)6-10(9)11/h8H,4-6H2,1-3H3/i1+1,2+1,3+1. The van der Waals surface area contributed by atoms with Gasteiger partial charge in [-0.25, -0.2) is 0 Å². The first-order valence-electron chi connectivity index (χ1n) is 4.31. The summed E-state index contributed by atoms with van der Waals surface area (Å²) in [5.74, 6) is 0.981. The summed E-state index contributed by atoms with van der Waals surface area (Å²) in [7, 11) is 0. The van der Waals surface area contributed by atoms with Crippen molar-refractivity contribution in [2.24, 2.45) is 5.92 Å². The molecule has 0 aromatic carbocycles. The van der Waals surface area contributed by atoms with Crippen molar-refractivity contribution in [1.29, 1.82) is 0 Å². The molecule has 0 radical (unpaired) electrons. The first-order chi connectivity index (χ1) is 5.11. The smallest absolute Gasteiger partial charge is 0.159 e. The first-order valence-corrected chi connectivity index (χ1v) is 4.31.